The second-order valence-corrected chi connectivity index (χ2v) is 4.61. The van der Waals surface area contributed by atoms with Crippen LogP contribution in [0.25, 0.3) is 0 Å². The lowest BCUT2D eigenvalue weighted by molar-refractivity contribution is 0.765. The summed E-state index contributed by atoms with van der Waals surface area (Å²) in [6, 6.07) is 7.53. The van der Waals surface area contributed by atoms with Crippen LogP contribution in [0.2, 0.25) is 0 Å². The lowest BCUT2D eigenvalue weighted by Crippen LogP contribution is -2.12. The number of amidine groups is 1. The van der Waals surface area contributed by atoms with E-state index in [9.17, 15) is 0 Å². The van der Waals surface area contributed by atoms with Crippen molar-refractivity contribution in [2.75, 3.05) is 0 Å². The van der Waals surface area contributed by atoms with Crippen LogP contribution in [-0.4, -0.2) is 20.6 Å². The average Bonchev–Trinajstić information content (AvgIpc) is 2.61. The first kappa shape index (κ1) is 11.7. The van der Waals surface area contributed by atoms with Crippen LogP contribution in [0.5, 0.6) is 0 Å². The Hall–Kier alpha value is -1.82. The molecule has 6 heteroatoms. The fourth-order valence-corrected chi connectivity index (χ4v) is 2.34. The predicted molar refractivity (Wildman–Crippen MR) is 67.3 cm³/mol. The average molecular weight is 247 g/mol. The Morgan fingerprint density at radius 3 is 2.65 bits per heavy atom. The Labute approximate surface area is 104 Å². The van der Waals surface area contributed by atoms with E-state index >= 15 is 0 Å². The third-order valence-electron chi connectivity index (χ3n) is 2.43. The lowest BCUT2D eigenvalue weighted by Gasteiger charge is -2.06. The van der Waals surface area contributed by atoms with E-state index in [1.54, 1.807) is 0 Å². The van der Waals surface area contributed by atoms with E-state index in [2.05, 4.69) is 10.2 Å². The summed E-state index contributed by atoms with van der Waals surface area (Å²) in [6.45, 7) is 1.90. The number of benzene rings is 1. The van der Waals surface area contributed by atoms with Gasteiger partial charge in [-0.25, -0.2) is 0 Å². The summed E-state index contributed by atoms with van der Waals surface area (Å²) in [7, 11) is 1.91. The zero-order chi connectivity index (χ0) is 12.4. The molecule has 0 aliphatic carbocycles. The Morgan fingerprint density at radius 2 is 2.06 bits per heavy atom. The summed E-state index contributed by atoms with van der Waals surface area (Å²) in [5, 5.41) is 16.4. The van der Waals surface area contributed by atoms with Gasteiger partial charge in [-0.3, -0.25) is 5.41 Å². The van der Waals surface area contributed by atoms with Crippen LogP contribution in [0.1, 0.15) is 11.4 Å². The van der Waals surface area contributed by atoms with Gasteiger partial charge in [0.25, 0.3) is 0 Å². The van der Waals surface area contributed by atoms with Crippen molar-refractivity contribution in [3.8, 4) is 0 Å². The first-order chi connectivity index (χ1) is 8.09. The van der Waals surface area contributed by atoms with Crippen LogP contribution in [-0.2, 0) is 7.05 Å². The first-order valence-corrected chi connectivity index (χ1v) is 5.88. The fraction of sp³-hybridized carbons (Fsp3) is 0.182. The minimum atomic E-state index is 0.0620. The number of nitrogens with zero attached hydrogens (tertiary/aromatic N) is 3. The van der Waals surface area contributed by atoms with E-state index in [-0.39, 0.29) is 5.84 Å². The van der Waals surface area contributed by atoms with Gasteiger partial charge in [-0.15, -0.1) is 10.2 Å². The van der Waals surface area contributed by atoms with Crippen molar-refractivity contribution in [2.24, 2.45) is 12.8 Å². The number of nitrogens with two attached hydrogens (primary N) is 1. The summed E-state index contributed by atoms with van der Waals surface area (Å²) < 4.78 is 1.90. The van der Waals surface area contributed by atoms with E-state index in [4.69, 9.17) is 11.1 Å². The quantitative estimate of drug-likeness (QED) is 0.637. The number of aromatic nitrogens is 3. The van der Waals surface area contributed by atoms with Gasteiger partial charge in [0.05, 0.1) is 0 Å². The molecule has 0 aliphatic rings. The summed E-state index contributed by atoms with van der Waals surface area (Å²) in [6.07, 6.45) is 0. The van der Waals surface area contributed by atoms with Crippen molar-refractivity contribution in [1.82, 2.24) is 14.8 Å². The van der Waals surface area contributed by atoms with Crippen molar-refractivity contribution >= 4 is 17.6 Å². The fourth-order valence-electron chi connectivity index (χ4n) is 1.35. The highest BCUT2D eigenvalue weighted by Crippen LogP contribution is 2.28. The molecule has 3 N–H and O–H groups in total. The van der Waals surface area contributed by atoms with Gasteiger partial charge in [0.1, 0.15) is 11.7 Å². The highest BCUT2D eigenvalue weighted by molar-refractivity contribution is 7.99. The molecule has 88 valence electrons. The van der Waals surface area contributed by atoms with Gasteiger partial charge in [0.15, 0.2) is 5.16 Å². The Morgan fingerprint density at radius 1 is 1.35 bits per heavy atom. The molecule has 17 heavy (non-hydrogen) atoms. The highest BCUT2D eigenvalue weighted by atomic mass is 32.2. The van der Waals surface area contributed by atoms with Crippen LogP contribution >= 0.6 is 11.8 Å². The monoisotopic (exact) mass is 247 g/mol. The molecule has 1 aromatic carbocycles. The van der Waals surface area contributed by atoms with Gasteiger partial charge in [0.2, 0.25) is 0 Å². The molecule has 2 aromatic rings. The minimum absolute atomic E-state index is 0.0620. The summed E-state index contributed by atoms with van der Waals surface area (Å²) >= 11 is 1.46. The molecule has 0 saturated carbocycles. The zero-order valence-electron chi connectivity index (χ0n) is 9.64. The standard InChI is InChI=1S/C11H13N5S/c1-7-14-15-11(16(7)2)17-9-6-4-3-5-8(9)10(12)13/h3-6H,1-2H3,(H3,12,13). The molecule has 0 bridgehead atoms. The minimum Gasteiger partial charge on any atom is -0.384 e. The van der Waals surface area contributed by atoms with Gasteiger partial charge >= 0.3 is 0 Å². The smallest absolute Gasteiger partial charge is 0.195 e. The Kier molecular flexibility index (Phi) is 3.14. The number of hydrogen-bond acceptors (Lipinski definition) is 4. The number of nitrogens with one attached hydrogen (secondary N) is 1. The Bertz CT molecular complexity index is 561. The molecular weight excluding hydrogens is 234 g/mol. The number of rotatable bonds is 3. The van der Waals surface area contributed by atoms with Crippen molar-refractivity contribution in [3.63, 3.8) is 0 Å². The first-order valence-electron chi connectivity index (χ1n) is 5.07. The SMILES string of the molecule is Cc1nnc(Sc2ccccc2C(=N)N)n1C. The van der Waals surface area contributed by atoms with Crippen LogP contribution in [0.15, 0.2) is 34.3 Å². The van der Waals surface area contributed by atoms with E-state index in [1.165, 1.54) is 11.8 Å². The van der Waals surface area contributed by atoms with Gasteiger partial charge in [0, 0.05) is 17.5 Å². The van der Waals surface area contributed by atoms with Crippen molar-refractivity contribution in [1.29, 1.82) is 5.41 Å². The molecule has 1 heterocycles. The molecule has 1 aromatic heterocycles. The van der Waals surface area contributed by atoms with Gasteiger partial charge < -0.3 is 10.3 Å². The summed E-state index contributed by atoms with van der Waals surface area (Å²) in [5.41, 5.74) is 6.26. The van der Waals surface area contributed by atoms with Crippen molar-refractivity contribution in [3.05, 3.63) is 35.7 Å². The number of nitrogen functional groups attached to an aromatic ring is 1. The molecular formula is C11H13N5S. The summed E-state index contributed by atoms with van der Waals surface area (Å²) in [5.74, 6) is 0.916. The van der Waals surface area contributed by atoms with E-state index in [0.29, 0.717) is 0 Å². The maximum atomic E-state index is 7.52. The Balaban J connectivity index is 2.36. The summed E-state index contributed by atoms with van der Waals surface area (Å²) in [4.78, 5) is 0.913. The molecule has 0 amide bonds. The maximum absolute atomic E-state index is 7.52. The topological polar surface area (TPSA) is 80.6 Å². The third-order valence-corrected chi connectivity index (χ3v) is 3.55. The second kappa shape index (κ2) is 4.58. The highest BCUT2D eigenvalue weighted by Gasteiger charge is 2.11. The molecule has 5 nitrogen and oxygen atoms in total. The predicted octanol–water partition coefficient (Wildman–Crippen LogP) is 1.56. The van der Waals surface area contributed by atoms with Crippen LogP contribution in [0.3, 0.4) is 0 Å². The van der Waals surface area contributed by atoms with Gasteiger partial charge in [-0.05, 0) is 24.8 Å². The van der Waals surface area contributed by atoms with E-state index in [1.807, 2.05) is 42.8 Å². The number of aryl methyl sites for hydroxylation is 1. The number of hydrogen-bond donors (Lipinski definition) is 2. The normalized spacial score (nSPS) is 10.5. The molecule has 0 unspecified atom stereocenters. The van der Waals surface area contributed by atoms with E-state index in [0.717, 1.165) is 21.4 Å². The molecule has 0 aliphatic heterocycles. The maximum Gasteiger partial charge on any atom is 0.195 e. The molecule has 2 rings (SSSR count). The zero-order valence-corrected chi connectivity index (χ0v) is 10.5. The molecule has 0 atom stereocenters. The lowest BCUT2D eigenvalue weighted by atomic mass is 10.2. The van der Waals surface area contributed by atoms with Crippen LogP contribution in [0, 0.1) is 12.3 Å². The molecule has 0 spiro atoms. The van der Waals surface area contributed by atoms with Crippen LogP contribution < -0.4 is 5.73 Å². The molecule has 0 fully saturated rings. The van der Waals surface area contributed by atoms with Crippen molar-refractivity contribution < 1.29 is 0 Å². The molecule has 0 radical (unpaired) electrons. The van der Waals surface area contributed by atoms with Crippen molar-refractivity contribution in [2.45, 2.75) is 17.0 Å². The second-order valence-electron chi connectivity index (χ2n) is 3.60. The van der Waals surface area contributed by atoms with Gasteiger partial charge in [-0.2, -0.15) is 0 Å². The van der Waals surface area contributed by atoms with Gasteiger partial charge in [-0.1, -0.05) is 18.2 Å². The molecule has 0 saturated heterocycles. The van der Waals surface area contributed by atoms with Crippen LogP contribution in [0.4, 0.5) is 0 Å². The largest absolute Gasteiger partial charge is 0.384 e. The van der Waals surface area contributed by atoms with E-state index < -0.39 is 0 Å². The third kappa shape index (κ3) is 2.31.